The number of anilines is 1. The van der Waals surface area contributed by atoms with Crippen LogP contribution < -0.4 is 4.90 Å². The third kappa shape index (κ3) is 3.00. The average Bonchev–Trinajstić information content (AvgIpc) is 2.82. The fourth-order valence-electron chi connectivity index (χ4n) is 3.31. The summed E-state index contributed by atoms with van der Waals surface area (Å²) in [6.45, 7) is 1.72. The molecule has 0 bridgehead atoms. The van der Waals surface area contributed by atoms with Gasteiger partial charge in [-0.15, -0.1) is 0 Å². The normalized spacial score (nSPS) is 20.1. The van der Waals surface area contributed by atoms with Crippen LogP contribution in [0.15, 0.2) is 23.1 Å². The largest absolute Gasteiger partial charge is 0.384 e. The van der Waals surface area contributed by atoms with Crippen molar-refractivity contribution in [2.24, 2.45) is 5.92 Å². The molecule has 0 N–H and O–H groups in total. The predicted molar refractivity (Wildman–Crippen MR) is 86.9 cm³/mol. The number of ether oxygens (including phenoxy) is 1. The topological polar surface area (TPSA) is 66.9 Å². The summed E-state index contributed by atoms with van der Waals surface area (Å²) in [5, 5.41) is 0. The van der Waals surface area contributed by atoms with Gasteiger partial charge in [-0.1, -0.05) is 0 Å². The highest BCUT2D eigenvalue weighted by atomic mass is 32.2. The maximum Gasteiger partial charge on any atom is 0.243 e. The molecule has 6 nitrogen and oxygen atoms in total. The number of piperidine rings is 1. The molecule has 126 valence electrons. The maximum absolute atomic E-state index is 12.8. The van der Waals surface area contributed by atoms with Crippen LogP contribution in [0.25, 0.3) is 0 Å². The number of carbonyl (C=O) groups excluding carboxylic acids is 1. The Morgan fingerprint density at radius 2 is 1.96 bits per heavy atom. The predicted octanol–water partition coefficient (Wildman–Crippen LogP) is 1.25. The first-order valence-electron chi connectivity index (χ1n) is 7.82. The number of likely N-dealkylation sites (N-methyl/N-ethyl adjacent to an activating group) is 1. The zero-order chi connectivity index (χ0) is 16.6. The van der Waals surface area contributed by atoms with Crippen molar-refractivity contribution >= 4 is 21.6 Å². The minimum atomic E-state index is -3.49. The van der Waals surface area contributed by atoms with E-state index in [9.17, 15) is 13.2 Å². The van der Waals surface area contributed by atoms with E-state index >= 15 is 0 Å². The first-order valence-corrected chi connectivity index (χ1v) is 9.26. The third-order valence-corrected chi connectivity index (χ3v) is 6.64. The summed E-state index contributed by atoms with van der Waals surface area (Å²) in [4.78, 5) is 13.6. The lowest BCUT2D eigenvalue weighted by atomic mass is 9.99. The molecule has 1 aromatic carbocycles. The molecule has 3 rings (SSSR count). The van der Waals surface area contributed by atoms with Crippen molar-refractivity contribution in [2.45, 2.75) is 24.2 Å². The van der Waals surface area contributed by atoms with Crippen molar-refractivity contribution in [3.8, 4) is 0 Å². The van der Waals surface area contributed by atoms with Crippen LogP contribution in [0.2, 0.25) is 0 Å². The van der Waals surface area contributed by atoms with Gasteiger partial charge in [0.15, 0.2) is 0 Å². The Kier molecular flexibility index (Phi) is 4.44. The monoisotopic (exact) mass is 338 g/mol. The van der Waals surface area contributed by atoms with Crippen molar-refractivity contribution in [1.29, 1.82) is 0 Å². The Balaban J connectivity index is 1.79. The van der Waals surface area contributed by atoms with E-state index in [1.807, 2.05) is 0 Å². The van der Waals surface area contributed by atoms with E-state index in [2.05, 4.69) is 0 Å². The van der Waals surface area contributed by atoms with Gasteiger partial charge in [0.1, 0.15) is 0 Å². The molecule has 0 spiro atoms. The van der Waals surface area contributed by atoms with Gasteiger partial charge in [-0.05, 0) is 42.5 Å². The molecule has 0 unspecified atom stereocenters. The lowest BCUT2D eigenvalue weighted by Crippen LogP contribution is -2.39. The van der Waals surface area contributed by atoms with Crippen LogP contribution in [-0.2, 0) is 26.0 Å². The lowest BCUT2D eigenvalue weighted by molar-refractivity contribution is -0.117. The molecule has 1 saturated heterocycles. The van der Waals surface area contributed by atoms with E-state index in [0.29, 0.717) is 25.6 Å². The molecule has 0 radical (unpaired) electrons. The van der Waals surface area contributed by atoms with Gasteiger partial charge in [0.2, 0.25) is 15.9 Å². The van der Waals surface area contributed by atoms with Crippen LogP contribution in [0, 0.1) is 5.92 Å². The van der Waals surface area contributed by atoms with Gasteiger partial charge in [-0.25, -0.2) is 8.42 Å². The molecule has 2 aliphatic rings. The number of nitrogens with zero attached hydrogens (tertiary/aromatic N) is 2. The molecule has 0 aliphatic carbocycles. The molecule has 0 saturated carbocycles. The fourth-order valence-corrected chi connectivity index (χ4v) is 4.83. The van der Waals surface area contributed by atoms with E-state index in [-0.39, 0.29) is 17.2 Å². The molecule has 0 atom stereocenters. The molecule has 2 heterocycles. The van der Waals surface area contributed by atoms with Crippen LogP contribution in [-0.4, -0.2) is 52.5 Å². The number of benzene rings is 1. The summed E-state index contributed by atoms with van der Waals surface area (Å²) in [6, 6.07) is 4.97. The summed E-state index contributed by atoms with van der Waals surface area (Å²) in [5.74, 6) is 0.424. The minimum Gasteiger partial charge on any atom is -0.384 e. The summed E-state index contributed by atoms with van der Waals surface area (Å²) < 4.78 is 32.3. The number of carbonyl (C=O) groups is 1. The van der Waals surface area contributed by atoms with Gasteiger partial charge in [0.25, 0.3) is 0 Å². The highest BCUT2D eigenvalue weighted by Gasteiger charge is 2.31. The summed E-state index contributed by atoms with van der Waals surface area (Å²) in [7, 11) is -0.110. The minimum absolute atomic E-state index is 0.00470. The molecule has 0 aromatic heterocycles. The Bertz CT molecular complexity index is 709. The summed E-state index contributed by atoms with van der Waals surface area (Å²) in [5.41, 5.74) is 1.58. The average molecular weight is 338 g/mol. The number of sulfonamides is 1. The number of fused-ring (bicyclic) bond motifs is 1. The number of rotatable bonds is 4. The maximum atomic E-state index is 12.8. The molecule has 1 fully saturated rings. The second-order valence-electron chi connectivity index (χ2n) is 6.22. The van der Waals surface area contributed by atoms with Gasteiger partial charge in [0, 0.05) is 39.5 Å². The summed E-state index contributed by atoms with van der Waals surface area (Å²) in [6.07, 6.45) is 1.91. The third-order valence-electron chi connectivity index (χ3n) is 4.74. The number of hydrogen-bond donors (Lipinski definition) is 0. The molecule has 1 amide bonds. The first kappa shape index (κ1) is 16.4. The van der Waals surface area contributed by atoms with Crippen molar-refractivity contribution in [3.63, 3.8) is 0 Å². The quantitative estimate of drug-likeness (QED) is 0.829. The van der Waals surface area contributed by atoms with Crippen LogP contribution in [0.4, 0.5) is 5.69 Å². The van der Waals surface area contributed by atoms with Crippen molar-refractivity contribution in [2.75, 3.05) is 38.8 Å². The van der Waals surface area contributed by atoms with Crippen LogP contribution in [0.3, 0.4) is 0 Å². The Morgan fingerprint density at radius 3 is 2.61 bits per heavy atom. The molecule has 2 aliphatic heterocycles. The second kappa shape index (κ2) is 6.22. The Hall–Kier alpha value is -1.44. The lowest BCUT2D eigenvalue weighted by Gasteiger charge is -2.30. The van der Waals surface area contributed by atoms with Gasteiger partial charge < -0.3 is 9.64 Å². The van der Waals surface area contributed by atoms with Crippen LogP contribution in [0.1, 0.15) is 18.4 Å². The number of hydrogen-bond acceptors (Lipinski definition) is 4. The van der Waals surface area contributed by atoms with Gasteiger partial charge in [0.05, 0.1) is 11.3 Å². The molecule has 23 heavy (non-hydrogen) atoms. The second-order valence-corrected chi connectivity index (χ2v) is 8.16. The van der Waals surface area contributed by atoms with Crippen molar-refractivity contribution < 1.29 is 17.9 Å². The van der Waals surface area contributed by atoms with Crippen LogP contribution in [0.5, 0.6) is 0 Å². The number of amides is 1. The molecule has 1 aromatic rings. The van der Waals surface area contributed by atoms with Gasteiger partial charge in [-0.2, -0.15) is 4.31 Å². The fraction of sp³-hybridized carbons (Fsp3) is 0.562. The van der Waals surface area contributed by atoms with E-state index in [1.165, 1.54) is 0 Å². The Morgan fingerprint density at radius 1 is 1.26 bits per heavy atom. The SMILES string of the molecule is COCC1CCN(S(=O)(=O)c2ccc3c(c2)CC(=O)N3C)CC1. The van der Waals surface area contributed by atoms with Gasteiger partial charge >= 0.3 is 0 Å². The van der Waals surface area contributed by atoms with Crippen molar-refractivity contribution in [1.82, 2.24) is 4.31 Å². The zero-order valence-electron chi connectivity index (χ0n) is 13.5. The van der Waals surface area contributed by atoms with E-state index < -0.39 is 10.0 Å². The molecule has 7 heteroatoms. The highest BCUT2D eigenvalue weighted by molar-refractivity contribution is 7.89. The first-order chi connectivity index (χ1) is 10.9. The molecular formula is C16H22N2O4S. The number of methoxy groups -OCH3 is 1. The van der Waals surface area contributed by atoms with E-state index in [4.69, 9.17) is 4.74 Å². The highest BCUT2D eigenvalue weighted by Crippen LogP contribution is 2.31. The van der Waals surface area contributed by atoms with E-state index in [1.54, 1.807) is 41.6 Å². The van der Waals surface area contributed by atoms with E-state index in [0.717, 1.165) is 24.1 Å². The van der Waals surface area contributed by atoms with Crippen molar-refractivity contribution in [3.05, 3.63) is 23.8 Å². The standard InChI is InChI=1S/C16H22N2O4S/c1-17-15-4-3-14(9-13(15)10-16(17)19)23(20,21)18-7-5-12(6-8-18)11-22-2/h3-4,9,12H,5-8,10-11H2,1-2H3. The smallest absolute Gasteiger partial charge is 0.243 e. The molecular weight excluding hydrogens is 316 g/mol. The van der Waals surface area contributed by atoms with Gasteiger partial charge in [-0.3, -0.25) is 4.79 Å². The summed E-state index contributed by atoms with van der Waals surface area (Å²) >= 11 is 0. The Labute approximate surface area is 137 Å². The zero-order valence-corrected chi connectivity index (χ0v) is 14.3. The van der Waals surface area contributed by atoms with Crippen LogP contribution >= 0.6 is 0 Å².